The molecular weight excluding hydrogens is 378 g/mol. The van der Waals surface area contributed by atoms with E-state index in [1.54, 1.807) is 17.8 Å². The lowest BCUT2D eigenvalue weighted by atomic mass is 9.88. The molecule has 1 N–H and O–H groups in total. The second kappa shape index (κ2) is 8.50. The minimum Gasteiger partial charge on any atom is -0.282 e. The van der Waals surface area contributed by atoms with Gasteiger partial charge in [0.15, 0.2) is 0 Å². The average Bonchev–Trinajstić information content (AvgIpc) is 2.84. The summed E-state index contributed by atoms with van der Waals surface area (Å²) in [4.78, 5) is 6.20. The van der Waals surface area contributed by atoms with E-state index in [0.717, 1.165) is 60.4 Å². The molecule has 1 aromatic rings. The Hall–Kier alpha value is -1.11. The molecule has 148 valence electrons. The number of fused-ring (bicyclic) bond motifs is 1. The fourth-order valence-corrected chi connectivity index (χ4v) is 5.76. The molecule has 0 fully saturated rings. The largest absolute Gasteiger partial charge is 0.294 e. The van der Waals surface area contributed by atoms with Gasteiger partial charge in [-0.05, 0) is 56.2 Å². The van der Waals surface area contributed by atoms with Crippen molar-refractivity contribution < 1.29 is 13.0 Å². The van der Waals surface area contributed by atoms with Gasteiger partial charge in [0.2, 0.25) is 0 Å². The van der Waals surface area contributed by atoms with E-state index in [1.807, 2.05) is 6.07 Å². The van der Waals surface area contributed by atoms with Crippen molar-refractivity contribution in [2.75, 3.05) is 5.75 Å². The highest BCUT2D eigenvalue weighted by molar-refractivity contribution is 7.99. The summed E-state index contributed by atoms with van der Waals surface area (Å²) in [6, 6.07) is 4.93. The first-order chi connectivity index (χ1) is 12.9. The fourth-order valence-electron chi connectivity index (χ4n) is 3.81. The van der Waals surface area contributed by atoms with Crippen LogP contribution in [0, 0.1) is 0 Å². The number of rotatable bonds is 6. The number of benzene rings is 1. The topological polar surface area (TPSA) is 66.7 Å². The summed E-state index contributed by atoms with van der Waals surface area (Å²) in [5.41, 5.74) is 3.21. The van der Waals surface area contributed by atoms with Gasteiger partial charge in [0.1, 0.15) is 0 Å². The van der Waals surface area contributed by atoms with E-state index in [9.17, 15) is 13.0 Å². The molecule has 4 nitrogen and oxygen atoms in total. The first-order valence-corrected chi connectivity index (χ1v) is 12.3. The second-order valence-corrected chi connectivity index (χ2v) is 9.98. The maximum absolute atomic E-state index is 11.6. The van der Waals surface area contributed by atoms with Crippen molar-refractivity contribution in [1.82, 2.24) is 0 Å². The Bertz CT molecular complexity index is 858. The zero-order valence-electron chi connectivity index (χ0n) is 16.2. The van der Waals surface area contributed by atoms with Gasteiger partial charge < -0.3 is 0 Å². The molecule has 2 aliphatic rings. The normalized spacial score (nSPS) is 23.2. The molecule has 27 heavy (non-hydrogen) atoms. The standard InChI is InChI=1S/C21H29NO3S2/c1-3-5-13-21(4-2)15-26-19-14-17(27(23,24)25)11-12-18(19)20(22-21)16-9-7-6-8-10-16/h9,11-12,14H,3-8,10,13,15H2,1-2H3,(H,23,24,25). The summed E-state index contributed by atoms with van der Waals surface area (Å²) >= 11 is 1.67. The first kappa shape index (κ1) is 20.6. The van der Waals surface area contributed by atoms with Crippen LogP contribution < -0.4 is 0 Å². The average molecular weight is 408 g/mol. The molecule has 0 bridgehead atoms. The third-order valence-corrected chi connectivity index (χ3v) is 7.78. The molecule has 0 amide bonds. The van der Waals surface area contributed by atoms with Crippen LogP contribution >= 0.6 is 11.8 Å². The molecule has 0 saturated heterocycles. The van der Waals surface area contributed by atoms with Crippen LogP contribution in [0.1, 0.15) is 70.8 Å². The maximum atomic E-state index is 11.6. The lowest BCUT2D eigenvalue weighted by Crippen LogP contribution is -2.30. The summed E-state index contributed by atoms with van der Waals surface area (Å²) in [6.45, 7) is 4.40. The van der Waals surface area contributed by atoms with Gasteiger partial charge in [-0.1, -0.05) is 38.8 Å². The van der Waals surface area contributed by atoms with Crippen LogP contribution in [0.2, 0.25) is 0 Å². The number of hydrogen-bond donors (Lipinski definition) is 1. The Kier molecular flexibility index (Phi) is 6.49. The van der Waals surface area contributed by atoms with Crippen molar-refractivity contribution in [1.29, 1.82) is 0 Å². The Balaban J connectivity index is 2.12. The highest BCUT2D eigenvalue weighted by Crippen LogP contribution is 2.40. The van der Waals surface area contributed by atoms with Crippen LogP contribution in [0.5, 0.6) is 0 Å². The number of thioether (sulfide) groups is 1. The Labute approximate surface area is 167 Å². The van der Waals surface area contributed by atoms with Crippen molar-refractivity contribution in [3.8, 4) is 0 Å². The number of aliphatic imine (C=N–C) groups is 1. The van der Waals surface area contributed by atoms with Crippen molar-refractivity contribution in [2.45, 2.75) is 80.5 Å². The van der Waals surface area contributed by atoms with Crippen LogP contribution in [0.15, 0.2) is 44.6 Å². The third-order valence-electron chi connectivity index (χ3n) is 5.60. The maximum Gasteiger partial charge on any atom is 0.294 e. The van der Waals surface area contributed by atoms with E-state index in [0.29, 0.717) is 0 Å². The van der Waals surface area contributed by atoms with Gasteiger partial charge in [0, 0.05) is 16.2 Å². The quantitative estimate of drug-likeness (QED) is 0.617. The summed E-state index contributed by atoms with van der Waals surface area (Å²) in [5.74, 6) is 0.836. The van der Waals surface area contributed by atoms with Gasteiger partial charge >= 0.3 is 0 Å². The third kappa shape index (κ3) is 4.66. The molecule has 1 aromatic carbocycles. The molecule has 6 heteroatoms. The SMILES string of the molecule is CCCCC1(CC)CSc2cc(S(=O)(=O)O)ccc2C(C2=CCCCC2)=N1. The Morgan fingerprint density at radius 3 is 2.70 bits per heavy atom. The van der Waals surface area contributed by atoms with Gasteiger partial charge in [-0.15, -0.1) is 11.8 Å². The van der Waals surface area contributed by atoms with E-state index >= 15 is 0 Å². The molecule has 0 radical (unpaired) electrons. The number of allylic oxidation sites excluding steroid dienone is 2. The minimum absolute atomic E-state index is 0.0386. The highest BCUT2D eigenvalue weighted by atomic mass is 32.2. The summed E-state index contributed by atoms with van der Waals surface area (Å²) in [7, 11) is -4.21. The molecule has 0 aromatic heterocycles. The van der Waals surface area contributed by atoms with Crippen LogP contribution in [0.3, 0.4) is 0 Å². The monoisotopic (exact) mass is 407 g/mol. The molecular formula is C21H29NO3S2. The lowest BCUT2D eigenvalue weighted by molar-refractivity contribution is 0.415. The predicted octanol–water partition coefficient (Wildman–Crippen LogP) is 5.67. The zero-order valence-corrected chi connectivity index (χ0v) is 17.8. The van der Waals surface area contributed by atoms with E-state index in [4.69, 9.17) is 4.99 Å². The minimum atomic E-state index is -4.21. The van der Waals surface area contributed by atoms with Gasteiger partial charge in [0.05, 0.1) is 16.1 Å². The van der Waals surface area contributed by atoms with Crippen molar-refractivity contribution in [3.63, 3.8) is 0 Å². The predicted molar refractivity (Wildman–Crippen MR) is 113 cm³/mol. The molecule has 1 heterocycles. The Morgan fingerprint density at radius 2 is 2.07 bits per heavy atom. The number of nitrogens with zero attached hydrogens (tertiary/aromatic N) is 1. The molecule has 3 rings (SSSR count). The van der Waals surface area contributed by atoms with Crippen LogP contribution in [0.25, 0.3) is 0 Å². The smallest absolute Gasteiger partial charge is 0.282 e. The highest BCUT2D eigenvalue weighted by Gasteiger charge is 2.33. The van der Waals surface area contributed by atoms with E-state index in [-0.39, 0.29) is 10.4 Å². The van der Waals surface area contributed by atoms with Crippen molar-refractivity contribution in [3.05, 3.63) is 35.4 Å². The number of unbranched alkanes of at least 4 members (excludes halogenated alkanes) is 1. The van der Waals surface area contributed by atoms with Crippen LogP contribution in [-0.2, 0) is 10.1 Å². The molecule has 1 aliphatic heterocycles. The molecule has 0 spiro atoms. The van der Waals surface area contributed by atoms with Crippen molar-refractivity contribution in [2.24, 2.45) is 4.99 Å². The van der Waals surface area contributed by atoms with E-state index < -0.39 is 10.1 Å². The van der Waals surface area contributed by atoms with E-state index in [1.165, 1.54) is 24.5 Å². The van der Waals surface area contributed by atoms with Gasteiger partial charge in [-0.25, -0.2) is 0 Å². The first-order valence-electron chi connectivity index (χ1n) is 9.92. The fraction of sp³-hybridized carbons (Fsp3) is 0.571. The second-order valence-electron chi connectivity index (χ2n) is 7.54. The molecule has 0 saturated carbocycles. The van der Waals surface area contributed by atoms with Crippen LogP contribution in [-0.4, -0.2) is 30.0 Å². The molecule has 1 unspecified atom stereocenters. The van der Waals surface area contributed by atoms with Gasteiger partial charge in [-0.3, -0.25) is 9.55 Å². The van der Waals surface area contributed by atoms with E-state index in [2.05, 4.69) is 19.9 Å². The summed E-state index contributed by atoms with van der Waals surface area (Å²) in [6.07, 6.45) is 11.1. The van der Waals surface area contributed by atoms with Gasteiger partial charge in [0.25, 0.3) is 10.1 Å². The van der Waals surface area contributed by atoms with Gasteiger partial charge in [-0.2, -0.15) is 8.42 Å². The molecule has 1 atom stereocenters. The summed E-state index contributed by atoms with van der Waals surface area (Å²) < 4.78 is 32.7. The molecule has 1 aliphatic carbocycles. The zero-order chi connectivity index (χ0) is 19.5. The summed E-state index contributed by atoms with van der Waals surface area (Å²) in [5, 5.41) is 0. The van der Waals surface area contributed by atoms with Crippen molar-refractivity contribution >= 4 is 27.6 Å². The van der Waals surface area contributed by atoms with Crippen LogP contribution in [0.4, 0.5) is 0 Å². The lowest BCUT2D eigenvalue weighted by Gasteiger charge is -2.28. The number of hydrogen-bond acceptors (Lipinski definition) is 4. The Morgan fingerprint density at radius 1 is 1.26 bits per heavy atom.